The maximum atomic E-state index is 13.0. The van der Waals surface area contributed by atoms with E-state index in [0.29, 0.717) is 17.6 Å². The molecule has 0 aliphatic carbocycles. The molecule has 31 heavy (non-hydrogen) atoms. The van der Waals surface area contributed by atoms with Crippen molar-refractivity contribution < 1.29 is 21.6 Å². The number of aryl methyl sites for hydroxylation is 1. The Balaban J connectivity index is 1.67. The molecule has 4 rings (SSSR count). The number of sulfonamides is 1. The van der Waals surface area contributed by atoms with E-state index in [1.807, 2.05) is 31.2 Å². The summed E-state index contributed by atoms with van der Waals surface area (Å²) in [4.78, 5) is 19.4. The Labute approximate surface area is 176 Å². The summed E-state index contributed by atoms with van der Waals surface area (Å²) < 4.78 is 65.9. The van der Waals surface area contributed by atoms with Gasteiger partial charge in [0.15, 0.2) is 0 Å². The SMILES string of the molecule is Cc1cccc(-c2nc3c(c(=O)[nH]2)CN(S(=O)(=O)c2cccc(C(F)(F)F)c2)CC3)c1. The molecule has 2 aromatic carbocycles. The highest BCUT2D eigenvalue weighted by atomic mass is 32.2. The Hall–Kier alpha value is -2.98. The predicted molar refractivity (Wildman–Crippen MR) is 108 cm³/mol. The third-order valence-electron chi connectivity index (χ3n) is 5.12. The van der Waals surface area contributed by atoms with Crippen molar-refractivity contribution in [1.82, 2.24) is 14.3 Å². The molecule has 0 saturated heterocycles. The van der Waals surface area contributed by atoms with Crippen LogP contribution in [0.25, 0.3) is 11.4 Å². The molecule has 1 N–H and O–H groups in total. The van der Waals surface area contributed by atoms with Gasteiger partial charge in [0, 0.05) is 25.1 Å². The van der Waals surface area contributed by atoms with Crippen LogP contribution < -0.4 is 5.56 Å². The zero-order valence-corrected chi connectivity index (χ0v) is 17.2. The summed E-state index contributed by atoms with van der Waals surface area (Å²) >= 11 is 0. The van der Waals surface area contributed by atoms with Gasteiger partial charge in [0.2, 0.25) is 10.0 Å². The van der Waals surface area contributed by atoms with Gasteiger partial charge in [-0.3, -0.25) is 4.79 Å². The normalized spacial score (nSPS) is 15.0. The Morgan fingerprint density at radius 3 is 2.55 bits per heavy atom. The van der Waals surface area contributed by atoms with E-state index < -0.39 is 32.2 Å². The summed E-state index contributed by atoms with van der Waals surface area (Å²) in [5.74, 6) is 0.390. The summed E-state index contributed by atoms with van der Waals surface area (Å²) in [5, 5.41) is 0. The summed E-state index contributed by atoms with van der Waals surface area (Å²) in [6.45, 7) is 1.66. The zero-order chi connectivity index (χ0) is 22.4. The van der Waals surface area contributed by atoms with E-state index in [1.165, 1.54) is 0 Å². The molecule has 0 atom stereocenters. The Kier molecular flexibility index (Phi) is 5.22. The molecule has 0 radical (unpaired) electrons. The average Bonchev–Trinajstić information content (AvgIpc) is 2.73. The maximum Gasteiger partial charge on any atom is 0.416 e. The first-order chi connectivity index (χ1) is 14.6. The van der Waals surface area contributed by atoms with Gasteiger partial charge in [0.25, 0.3) is 5.56 Å². The van der Waals surface area contributed by atoms with Crippen molar-refractivity contribution in [3.05, 3.63) is 81.3 Å². The van der Waals surface area contributed by atoms with Crippen LogP contribution in [0, 0.1) is 6.92 Å². The summed E-state index contributed by atoms with van der Waals surface area (Å²) in [7, 11) is -4.22. The van der Waals surface area contributed by atoms with Crippen LogP contribution >= 0.6 is 0 Å². The second-order valence-electron chi connectivity index (χ2n) is 7.32. The van der Waals surface area contributed by atoms with Gasteiger partial charge in [-0.25, -0.2) is 13.4 Å². The van der Waals surface area contributed by atoms with Crippen molar-refractivity contribution in [1.29, 1.82) is 0 Å². The number of benzene rings is 2. The molecule has 0 fully saturated rings. The molecule has 1 aliphatic heterocycles. The monoisotopic (exact) mass is 449 g/mol. The zero-order valence-electron chi connectivity index (χ0n) is 16.4. The summed E-state index contributed by atoms with van der Waals surface area (Å²) in [5.41, 5.74) is 0.892. The smallest absolute Gasteiger partial charge is 0.306 e. The van der Waals surface area contributed by atoms with Crippen molar-refractivity contribution in [2.45, 2.75) is 31.0 Å². The van der Waals surface area contributed by atoms with Gasteiger partial charge in [-0.05, 0) is 31.2 Å². The minimum absolute atomic E-state index is 0.00922. The number of nitrogens with one attached hydrogen (secondary N) is 1. The van der Waals surface area contributed by atoms with Crippen molar-refractivity contribution in [3.8, 4) is 11.4 Å². The molecule has 3 aromatic rings. The van der Waals surface area contributed by atoms with Gasteiger partial charge < -0.3 is 4.98 Å². The van der Waals surface area contributed by atoms with E-state index in [-0.39, 0.29) is 25.1 Å². The number of H-pyrrole nitrogens is 1. The lowest BCUT2D eigenvalue weighted by atomic mass is 10.1. The van der Waals surface area contributed by atoms with Crippen LogP contribution in [0.15, 0.2) is 58.2 Å². The molecule has 2 heterocycles. The predicted octanol–water partition coefficient (Wildman–Crippen LogP) is 3.51. The molecule has 162 valence electrons. The van der Waals surface area contributed by atoms with Crippen LogP contribution in [0.1, 0.15) is 22.4 Å². The maximum absolute atomic E-state index is 13.0. The first-order valence-electron chi connectivity index (χ1n) is 9.42. The van der Waals surface area contributed by atoms with E-state index in [9.17, 15) is 26.4 Å². The first-order valence-corrected chi connectivity index (χ1v) is 10.9. The van der Waals surface area contributed by atoms with Crippen molar-refractivity contribution in [2.75, 3.05) is 6.54 Å². The summed E-state index contributed by atoms with van der Waals surface area (Å²) in [6, 6.07) is 11.0. The van der Waals surface area contributed by atoms with Gasteiger partial charge in [0.1, 0.15) is 5.82 Å². The summed E-state index contributed by atoms with van der Waals surface area (Å²) in [6.07, 6.45) is -4.48. The van der Waals surface area contributed by atoms with E-state index in [1.54, 1.807) is 0 Å². The lowest BCUT2D eigenvalue weighted by Gasteiger charge is -2.27. The van der Waals surface area contributed by atoms with Crippen molar-refractivity contribution in [2.24, 2.45) is 0 Å². The van der Waals surface area contributed by atoms with Crippen molar-refractivity contribution >= 4 is 10.0 Å². The lowest BCUT2D eigenvalue weighted by molar-refractivity contribution is -0.137. The molecular formula is C21H18F3N3O3S. The number of hydrogen-bond donors (Lipinski definition) is 1. The highest BCUT2D eigenvalue weighted by Crippen LogP contribution is 2.32. The fourth-order valence-electron chi connectivity index (χ4n) is 3.52. The first kappa shape index (κ1) is 21.3. The average molecular weight is 449 g/mol. The second kappa shape index (κ2) is 7.61. The van der Waals surface area contributed by atoms with Gasteiger partial charge in [-0.2, -0.15) is 17.5 Å². The Bertz CT molecular complexity index is 1320. The van der Waals surface area contributed by atoms with E-state index in [4.69, 9.17) is 0 Å². The Morgan fingerprint density at radius 2 is 1.84 bits per heavy atom. The fraction of sp³-hybridized carbons (Fsp3) is 0.238. The molecule has 0 bridgehead atoms. The number of aromatic amines is 1. The van der Waals surface area contributed by atoms with Gasteiger partial charge in [-0.15, -0.1) is 0 Å². The van der Waals surface area contributed by atoms with Gasteiger partial charge in [0.05, 0.1) is 21.7 Å². The highest BCUT2D eigenvalue weighted by molar-refractivity contribution is 7.89. The van der Waals surface area contributed by atoms with Crippen LogP contribution in [-0.4, -0.2) is 29.2 Å². The third kappa shape index (κ3) is 4.13. The van der Waals surface area contributed by atoms with Crippen LogP contribution in [0.5, 0.6) is 0 Å². The Morgan fingerprint density at radius 1 is 1.10 bits per heavy atom. The van der Waals surface area contributed by atoms with Gasteiger partial charge in [-0.1, -0.05) is 29.8 Å². The molecular weight excluding hydrogens is 431 g/mol. The molecule has 0 amide bonds. The molecule has 10 heteroatoms. The fourth-order valence-corrected chi connectivity index (χ4v) is 4.97. The topological polar surface area (TPSA) is 83.1 Å². The van der Waals surface area contributed by atoms with E-state index >= 15 is 0 Å². The number of alkyl halides is 3. The van der Waals surface area contributed by atoms with Crippen LogP contribution in [-0.2, 0) is 29.2 Å². The minimum Gasteiger partial charge on any atom is -0.306 e. The lowest BCUT2D eigenvalue weighted by Crippen LogP contribution is -2.39. The molecule has 1 aliphatic rings. The van der Waals surface area contributed by atoms with Gasteiger partial charge >= 0.3 is 6.18 Å². The second-order valence-corrected chi connectivity index (χ2v) is 9.26. The number of hydrogen-bond acceptors (Lipinski definition) is 4. The molecule has 6 nitrogen and oxygen atoms in total. The van der Waals surface area contributed by atoms with Crippen LogP contribution in [0.4, 0.5) is 13.2 Å². The molecule has 1 aromatic heterocycles. The number of rotatable bonds is 3. The van der Waals surface area contributed by atoms with Crippen LogP contribution in [0.2, 0.25) is 0 Å². The number of aromatic nitrogens is 2. The molecule has 0 unspecified atom stereocenters. The molecule has 0 saturated carbocycles. The molecule has 0 spiro atoms. The standard InChI is InChI=1S/C21H18F3N3O3S/c1-13-4-2-5-14(10-13)19-25-18-8-9-27(12-17(18)20(28)26-19)31(29,30)16-7-3-6-15(11-16)21(22,23)24/h2-7,10-11H,8-9,12H2,1H3,(H,25,26,28). The third-order valence-corrected chi connectivity index (χ3v) is 6.97. The highest BCUT2D eigenvalue weighted by Gasteiger charge is 2.34. The van der Waals surface area contributed by atoms with Crippen LogP contribution in [0.3, 0.4) is 0 Å². The van der Waals surface area contributed by atoms with E-state index in [2.05, 4.69) is 9.97 Å². The van der Waals surface area contributed by atoms with E-state index in [0.717, 1.165) is 33.6 Å². The largest absolute Gasteiger partial charge is 0.416 e. The number of halogens is 3. The van der Waals surface area contributed by atoms with Crippen molar-refractivity contribution in [3.63, 3.8) is 0 Å². The quantitative estimate of drug-likeness (QED) is 0.663. The number of fused-ring (bicyclic) bond motifs is 1. The minimum atomic E-state index is -4.66. The number of nitrogens with zero attached hydrogens (tertiary/aromatic N) is 2.